The molecule has 0 aromatic carbocycles. The van der Waals surface area contributed by atoms with Gasteiger partial charge in [-0.3, -0.25) is 9.20 Å². The molecule has 0 spiro atoms. The number of imidazole rings is 1. The van der Waals surface area contributed by atoms with Crippen LogP contribution in [0, 0.1) is 0 Å². The van der Waals surface area contributed by atoms with E-state index in [-0.39, 0.29) is 5.78 Å². The van der Waals surface area contributed by atoms with Crippen molar-refractivity contribution in [1.82, 2.24) is 19.7 Å². The number of nitrogens with one attached hydrogen (secondary N) is 1. The molecule has 0 unspecified atom stereocenters. The van der Waals surface area contributed by atoms with Gasteiger partial charge in [-0.2, -0.15) is 0 Å². The quantitative estimate of drug-likeness (QED) is 0.742. The van der Waals surface area contributed by atoms with Gasteiger partial charge in [0.05, 0.1) is 11.4 Å². The minimum absolute atomic E-state index is 0.138. The number of carbonyl (C=O) groups is 1. The standard InChI is InChI=1S/C20H21N5OS/c26-18-4-3-16-14(2-5-19(22-16)24-8-1-6-21-7-9-24)12-15(18)17-13-25-10-11-27-20(25)23-17/h2,5,10-13,21H,1,3-4,6-9H2. The van der Waals surface area contributed by atoms with Crippen molar-refractivity contribution in [2.45, 2.75) is 19.3 Å². The summed E-state index contributed by atoms with van der Waals surface area (Å²) >= 11 is 1.57. The molecule has 3 aromatic heterocycles. The second kappa shape index (κ2) is 6.90. The first-order valence-electron chi connectivity index (χ1n) is 9.41. The molecular formula is C20H21N5OS. The zero-order chi connectivity index (χ0) is 18.2. The van der Waals surface area contributed by atoms with Crippen molar-refractivity contribution < 1.29 is 4.79 Å². The van der Waals surface area contributed by atoms with Gasteiger partial charge in [-0.25, -0.2) is 9.97 Å². The second-order valence-corrected chi connectivity index (χ2v) is 7.87. The monoisotopic (exact) mass is 379 g/mol. The predicted molar refractivity (Wildman–Crippen MR) is 108 cm³/mol. The van der Waals surface area contributed by atoms with Gasteiger partial charge in [0.25, 0.3) is 0 Å². The number of rotatable bonds is 2. The van der Waals surface area contributed by atoms with Crippen LogP contribution in [0.5, 0.6) is 0 Å². The van der Waals surface area contributed by atoms with Gasteiger partial charge < -0.3 is 10.2 Å². The maximum absolute atomic E-state index is 12.8. The van der Waals surface area contributed by atoms with E-state index in [1.165, 1.54) is 0 Å². The highest BCUT2D eigenvalue weighted by molar-refractivity contribution is 7.15. The van der Waals surface area contributed by atoms with Gasteiger partial charge >= 0.3 is 0 Å². The highest BCUT2D eigenvalue weighted by Crippen LogP contribution is 2.28. The molecule has 2 aliphatic rings. The van der Waals surface area contributed by atoms with E-state index in [0.29, 0.717) is 18.4 Å². The molecule has 1 N–H and O–H groups in total. The Kier molecular flexibility index (Phi) is 4.26. The second-order valence-electron chi connectivity index (χ2n) is 7.00. The summed E-state index contributed by atoms with van der Waals surface area (Å²) < 4.78 is 1.97. The average Bonchev–Trinajstić information content (AvgIpc) is 3.10. The third-order valence-corrected chi connectivity index (χ3v) is 5.99. The van der Waals surface area contributed by atoms with Crippen LogP contribution in [-0.4, -0.2) is 46.3 Å². The molecule has 0 atom stereocenters. The Hall–Kier alpha value is -2.51. The van der Waals surface area contributed by atoms with E-state index in [4.69, 9.17) is 4.98 Å². The van der Waals surface area contributed by atoms with E-state index in [1.54, 1.807) is 11.3 Å². The van der Waals surface area contributed by atoms with Crippen molar-refractivity contribution in [3.05, 3.63) is 46.9 Å². The lowest BCUT2D eigenvalue weighted by molar-refractivity contribution is -0.113. The molecular weight excluding hydrogens is 358 g/mol. The molecule has 3 aromatic rings. The molecule has 27 heavy (non-hydrogen) atoms. The van der Waals surface area contributed by atoms with E-state index in [1.807, 2.05) is 28.3 Å². The fourth-order valence-electron chi connectivity index (χ4n) is 3.76. The van der Waals surface area contributed by atoms with Gasteiger partial charge in [-0.15, -0.1) is 11.3 Å². The molecule has 7 heteroatoms. The van der Waals surface area contributed by atoms with Crippen molar-refractivity contribution in [3.8, 4) is 0 Å². The molecule has 4 heterocycles. The largest absolute Gasteiger partial charge is 0.355 e. The SMILES string of the molecule is O=C1CCc2nc(N3CCCNCC3)ccc2C=C1c1cn2ccsc2n1. The smallest absolute Gasteiger partial charge is 0.194 e. The fraction of sp³-hybridized carbons (Fsp3) is 0.350. The number of carbonyl (C=O) groups excluding carboxylic acids is 1. The Morgan fingerprint density at radius 2 is 2.07 bits per heavy atom. The Bertz CT molecular complexity index is 998. The molecule has 5 rings (SSSR count). The predicted octanol–water partition coefficient (Wildman–Crippen LogP) is 2.65. The number of pyridine rings is 1. The zero-order valence-electron chi connectivity index (χ0n) is 15.0. The minimum atomic E-state index is 0.138. The first-order chi connectivity index (χ1) is 13.3. The van der Waals surface area contributed by atoms with Gasteiger partial charge in [0.2, 0.25) is 0 Å². The normalized spacial score (nSPS) is 18.1. The lowest BCUT2D eigenvalue weighted by atomic mass is 10.1. The van der Waals surface area contributed by atoms with Crippen molar-refractivity contribution in [1.29, 1.82) is 0 Å². The summed E-state index contributed by atoms with van der Waals surface area (Å²) in [4.78, 5) is 25.5. The highest BCUT2D eigenvalue weighted by atomic mass is 32.1. The highest BCUT2D eigenvalue weighted by Gasteiger charge is 2.22. The fourth-order valence-corrected chi connectivity index (χ4v) is 4.46. The van der Waals surface area contributed by atoms with E-state index in [9.17, 15) is 4.79 Å². The van der Waals surface area contributed by atoms with E-state index in [2.05, 4.69) is 27.3 Å². The van der Waals surface area contributed by atoms with Gasteiger partial charge in [0.15, 0.2) is 10.7 Å². The maximum Gasteiger partial charge on any atom is 0.194 e. The van der Waals surface area contributed by atoms with Crippen LogP contribution in [0.2, 0.25) is 0 Å². The van der Waals surface area contributed by atoms with Gasteiger partial charge in [0, 0.05) is 49.4 Å². The maximum atomic E-state index is 12.8. The average molecular weight is 379 g/mol. The first kappa shape index (κ1) is 16.6. The number of ketones is 1. The Labute approximate surface area is 161 Å². The topological polar surface area (TPSA) is 62.5 Å². The lowest BCUT2D eigenvalue weighted by Crippen LogP contribution is -2.28. The number of aromatic nitrogens is 3. The molecule has 0 bridgehead atoms. The number of hydrogen-bond donors (Lipinski definition) is 1. The van der Waals surface area contributed by atoms with Crippen LogP contribution in [0.4, 0.5) is 5.82 Å². The Morgan fingerprint density at radius 1 is 1.11 bits per heavy atom. The third-order valence-electron chi connectivity index (χ3n) is 5.22. The molecule has 138 valence electrons. The number of fused-ring (bicyclic) bond motifs is 2. The molecule has 1 fully saturated rings. The van der Waals surface area contributed by atoms with Crippen molar-refractivity contribution >= 4 is 39.5 Å². The van der Waals surface area contributed by atoms with Crippen molar-refractivity contribution in [3.63, 3.8) is 0 Å². The molecule has 1 aliphatic carbocycles. The molecule has 1 aliphatic heterocycles. The lowest BCUT2D eigenvalue weighted by Gasteiger charge is -2.22. The summed E-state index contributed by atoms with van der Waals surface area (Å²) in [7, 11) is 0. The molecule has 0 radical (unpaired) electrons. The van der Waals surface area contributed by atoms with Crippen LogP contribution in [0.1, 0.15) is 29.8 Å². The van der Waals surface area contributed by atoms with Crippen LogP contribution >= 0.6 is 11.3 Å². The molecule has 0 saturated carbocycles. The van der Waals surface area contributed by atoms with Crippen LogP contribution in [0.3, 0.4) is 0 Å². The number of aryl methyl sites for hydroxylation is 1. The molecule has 0 amide bonds. The zero-order valence-corrected chi connectivity index (χ0v) is 15.8. The summed E-state index contributed by atoms with van der Waals surface area (Å²) in [6.45, 7) is 4.03. The van der Waals surface area contributed by atoms with Gasteiger partial charge in [-0.05, 0) is 43.2 Å². The summed E-state index contributed by atoms with van der Waals surface area (Å²) in [6, 6.07) is 4.19. The Morgan fingerprint density at radius 3 is 3.00 bits per heavy atom. The molecule has 1 saturated heterocycles. The summed E-state index contributed by atoms with van der Waals surface area (Å²) in [6.07, 6.45) is 8.15. The Balaban J connectivity index is 1.50. The van der Waals surface area contributed by atoms with Crippen LogP contribution in [0.25, 0.3) is 16.6 Å². The van der Waals surface area contributed by atoms with Crippen LogP contribution < -0.4 is 10.2 Å². The van der Waals surface area contributed by atoms with Gasteiger partial charge in [0.1, 0.15) is 5.82 Å². The summed E-state index contributed by atoms with van der Waals surface area (Å²) in [5, 5.41) is 5.42. The number of hydrogen-bond acceptors (Lipinski definition) is 6. The van der Waals surface area contributed by atoms with Crippen LogP contribution in [-0.2, 0) is 11.2 Å². The van der Waals surface area contributed by atoms with E-state index < -0.39 is 0 Å². The minimum Gasteiger partial charge on any atom is -0.355 e. The van der Waals surface area contributed by atoms with Crippen molar-refractivity contribution in [2.75, 3.05) is 31.1 Å². The van der Waals surface area contributed by atoms with E-state index >= 15 is 0 Å². The number of nitrogens with zero attached hydrogens (tertiary/aromatic N) is 4. The first-order valence-corrected chi connectivity index (χ1v) is 10.3. The summed E-state index contributed by atoms with van der Waals surface area (Å²) in [5.74, 6) is 1.16. The third kappa shape index (κ3) is 3.17. The molecule has 6 nitrogen and oxygen atoms in total. The number of anilines is 1. The summed E-state index contributed by atoms with van der Waals surface area (Å²) in [5.41, 5.74) is 3.48. The number of Topliss-reactive ketones (excluding diaryl/α,β-unsaturated/α-hetero) is 1. The number of allylic oxidation sites excluding steroid dienone is 1. The van der Waals surface area contributed by atoms with E-state index in [0.717, 1.165) is 60.3 Å². The van der Waals surface area contributed by atoms with Gasteiger partial charge in [-0.1, -0.05) is 0 Å². The number of thiazole rings is 1. The van der Waals surface area contributed by atoms with Crippen LogP contribution in [0.15, 0.2) is 29.9 Å². The van der Waals surface area contributed by atoms with Crippen molar-refractivity contribution in [2.24, 2.45) is 0 Å².